The van der Waals surface area contributed by atoms with Crippen LogP contribution in [-0.2, 0) is 9.59 Å². The Labute approximate surface area is 191 Å². The predicted molar refractivity (Wildman–Crippen MR) is 113 cm³/mol. The molecule has 2 aromatic carbocycles. The number of amides is 2. The highest BCUT2D eigenvalue weighted by molar-refractivity contribution is 6.32. The molecule has 2 aromatic rings. The Hall–Kier alpha value is -2.71. The lowest BCUT2D eigenvalue weighted by molar-refractivity contribution is -0.178. The lowest BCUT2D eigenvalue weighted by Gasteiger charge is -2.36. The second kappa shape index (κ2) is 8.33. The second-order valence-electron chi connectivity index (χ2n) is 7.59. The molecule has 4 atom stereocenters. The van der Waals surface area contributed by atoms with E-state index in [0.717, 1.165) is 6.08 Å². The lowest BCUT2D eigenvalue weighted by atomic mass is 9.82. The fraction of sp³-hybridized carbons (Fsp3) is 0.273. The Balaban J connectivity index is 1.65. The van der Waals surface area contributed by atoms with Gasteiger partial charge in [-0.3, -0.25) is 9.59 Å². The van der Waals surface area contributed by atoms with Crippen LogP contribution >= 0.6 is 23.2 Å². The number of carbonyl (C=O) groups excluding carboxylic acids is 2. The van der Waals surface area contributed by atoms with Crippen molar-refractivity contribution >= 4 is 35.0 Å². The van der Waals surface area contributed by atoms with Crippen LogP contribution in [0.3, 0.4) is 0 Å². The monoisotopic (exact) mass is 484 g/mol. The zero-order chi connectivity index (χ0) is 23.2. The molecule has 0 aliphatic carbocycles. The summed E-state index contributed by atoms with van der Waals surface area (Å²) in [4.78, 5) is 25.5. The molecule has 1 saturated heterocycles. The van der Waals surface area contributed by atoms with E-state index >= 15 is 0 Å². The van der Waals surface area contributed by atoms with Gasteiger partial charge in [0.05, 0.1) is 6.04 Å². The fourth-order valence-corrected chi connectivity index (χ4v) is 4.48. The van der Waals surface area contributed by atoms with Gasteiger partial charge in [-0.25, -0.2) is 0 Å². The zero-order valence-electron chi connectivity index (χ0n) is 16.4. The summed E-state index contributed by atoms with van der Waals surface area (Å²) < 4.78 is 45.6. The standard InChI is InChI=1S/C22H17Cl2F3N2O3/c1-2-10-8-13(21(31)29-19(10)22(25,26)27)20(30)28-18-12-7-6-11(23)9-16(12)32-15-5-3-4-14(24)17(15)18/h2-7,9-10,13,18-19H,1,8H2,(H,28,30)(H,29,31). The summed E-state index contributed by atoms with van der Waals surface area (Å²) in [6.07, 6.45) is -3.87. The first kappa shape index (κ1) is 22.5. The molecule has 2 amide bonds. The van der Waals surface area contributed by atoms with E-state index in [1.807, 2.05) is 5.32 Å². The highest BCUT2D eigenvalue weighted by Gasteiger charge is 2.50. The maximum Gasteiger partial charge on any atom is 0.409 e. The van der Waals surface area contributed by atoms with Crippen LogP contribution in [0.4, 0.5) is 13.2 Å². The Bertz CT molecular complexity index is 1110. The molecule has 4 unspecified atom stereocenters. The van der Waals surface area contributed by atoms with Crippen molar-refractivity contribution in [1.29, 1.82) is 0 Å². The summed E-state index contributed by atoms with van der Waals surface area (Å²) in [5.74, 6) is -3.40. The topological polar surface area (TPSA) is 67.4 Å². The minimum absolute atomic E-state index is 0.322. The van der Waals surface area contributed by atoms with Crippen molar-refractivity contribution < 1.29 is 27.5 Å². The summed E-state index contributed by atoms with van der Waals surface area (Å²) in [6.45, 7) is 3.43. The van der Waals surface area contributed by atoms with Gasteiger partial charge in [0, 0.05) is 27.1 Å². The minimum Gasteiger partial charge on any atom is -0.456 e. The predicted octanol–water partition coefficient (Wildman–Crippen LogP) is 5.17. The molecule has 0 saturated carbocycles. The molecule has 0 radical (unpaired) electrons. The first-order valence-electron chi connectivity index (χ1n) is 9.66. The maximum atomic E-state index is 13.3. The van der Waals surface area contributed by atoms with E-state index in [9.17, 15) is 22.8 Å². The van der Waals surface area contributed by atoms with Gasteiger partial charge in [0.1, 0.15) is 23.5 Å². The Morgan fingerprint density at radius 1 is 1.22 bits per heavy atom. The molecule has 0 aromatic heterocycles. The number of fused-ring (bicyclic) bond motifs is 2. The molecule has 2 aliphatic rings. The zero-order valence-corrected chi connectivity index (χ0v) is 17.9. The van der Waals surface area contributed by atoms with Crippen LogP contribution in [0, 0.1) is 11.8 Å². The molecule has 1 fully saturated rings. The molecular formula is C22H17Cl2F3N2O3. The number of hydrogen-bond donors (Lipinski definition) is 2. The highest BCUT2D eigenvalue weighted by Crippen LogP contribution is 2.46. The summed E-state index contributed by atoms with van der Waals surface area (Å²) in [5.41, 5.74) is 1.02. The summed E-state index contributed by atoms with van der Waals surface area (Å²) in [7, 11) is 0. The Kier molecular flexibility index (Phi) is 5.85. The molecule has 2 heterocycles. The molecule has 4 rings (SSSR count). The van der Waals surface area contributed by atoms with E-state index < -0.39 is 41.9 Å². The number of carbonyl (C=O) groups is 2. The molecule has 32 heavy (non-hydrogen) atoms. The molecular weight excluding hydrogens is 468 g/mol. The van der Waals surface area contributed by atoms with Crippen LogP contribution in [0.2, 0.25) is 10.0 Å². The molecule has 168 valence electrons. The third-order valence-corrected chi connectivity index (χ3v) is 6.18. The van der Waals surface area contributed by atoms with E-state index in [4.69, 9.17) is 27.9 Å². The number of rotatable bonds is 3. The Morgan fingerprint density at radius 2 is 1.97 bits per heavy atom. The smallest absolute Gasteiger partial charge is 0.409 e. The SMILES string of the molecule is C=CC1CC(C(=O)NC2c3ccc(Cl)cc3Oc3cccc(Cl)c32)C(=O)NC1C(F)(F)F. The van der Waals surface area contributed by atoms with E-state index in [-0.39, 0.29) is 6.42 Å². The van der Waals surface area contributed by atoms with Gasteiger partial charge >= 0.3 is 6.18 Å². The van der Waals surface area contributed by atoms with Crippen LogP contribution in [-0.4, -0.2) is 24.0 Å². The van der Waals surface area contributed by atoms with Crippen LogP contribution in [0.1, 0.15) is 23.6 Å². The second-order valence-corrected chi connectivity index (χ2v) is 8.44. The fourth-order valence-electron chi connectivity index (χ4n) is 4.05. The molecule has 0 spiro atoms. The van der Waals surface area contributed by atoms with Crippen molar-refractivity contribution in [3.8, 4) is 11.5 Å². The summed E-state index contributed by atoms with van der Waals surface area (Å²) in [6, 6.07) is 6.94. The molecule has 5 nitrogen and oxygen atoms in total. The Morgan fingerprint density at radius 3 is 2.66 bits per heavy atom. The number of nitrogens with one attached hydrogen (secondary N) is 2. The van der Waals surface area contributed by atoms with E-state index in [1.54, 1.807) is 36.4 Å². The van der Waals surface area contributed by atoms with E-state index in [0.29, 0.717) is 32.7 Å². The van der Waals surface area contributed by atoms with Gasteiger partial charge in [-0.2, -0.15) is 13.2 Å². The van der Waals surface area contributed by atoms with Gasteiger partial charge < -0.3 is 15.4 Å². The maximum absolute atomic E-state index is 13.3. The van der Waals surface area contributed by atoms with Crippen molar-refractivity contribution in [3.63, 3.8) is 0 Å². The molecule has 10 heteroatoms. The van der Waals surface area contributed by atoms with Gasteiger partial charge in [-0.15, -0.1) is 6.58 Å². The van der Waals surface area contributed by atoms with Gasteiger partial charge in [0.2, 0.25) is 11.8 Å². The minimum atomic E-state index is -4.65. The number of halogens is 5. The van der Waals surface area contributed by atoms with Gasteiger partial charge in [0.15, 0.2) is 0 Å². The van der Waals surface area contributed by atoms with Crippen molar-refractivity contribution in [1.82, 2.24) is 10.6 Å². The lowest BCUT2D eigenvalue weighted by Crippen LogP contribution is -2.58. The summed E-state index contributed by atoms with van der Waals surface area (Å²) in [5, 5.41) is 5.42. The number of hydrogen-bond acceptors (Lipinski definition) is 3. The van der Waals surface area contributed by atoms with Crippen molar-refractivity contribution in [2.75, 3.05) is 0 Å². The van der Waals surface area contributed by atoms with Gasteiger partial charge in [0.25, 0.3) is 0 Å². The number of alkyl halides is 3. The normalized spacial score (nSPS) is 24.5. The number of piperidine rings is 1. The average Bonchev–Trinajstić information content (AvgIpc) is 2.72. The quantitative estimate of drug-likeness (QED) is 0.466. The van der Waals surface area contributed by atoms with Crippen LogP contribution in [0.15, 0.2) is 49.1 Å². The number of ether oxygens (including phenoxy) is 1. The number of benzene rings is 2. The van der Waals surface area contributed by atoms with Crippen LogP contribution < -0.4 is 15.4 Å². The van der Waals surface area contributed by atoms with Gasteiger partial charge in [-0.1, -0.05) is 41.4 Å². The third-order valence-electron chi connectivity index (χ3n) is 5.62. The van der Waals surface area contributed by atoms with E-state index in [2.05, 4.69) is 11.9 Å². The van der Waals surface area contributed by atoms with Crippen LogP contribution in [0.5, 0.6) is 11.5 Å². The van der Waals surface area contributed by atoms with Crippen molar-refractivity contribution in [2.24, 2.45) is 11.8 Å². The van der Waals surface area contributed by atoms with E-state index in [1.165, 1.54) is 0 Å². The largest absolute Gasteiger partial charge is 0.456 e. The molecule has 2 aliphatic heterocycles. The first-order valence-corrected chi connectivity index (χ1v) is 10.4. The third kappa shape index (κ3) is 4.04. The van der Waals surface area contributed by atoms with Crippen molar-refractivity contribution in [3.05, 3.63) is 70.2 Å². The van der Waals surface area contributed by atoms with Crippen LogP contribution in [0.25, 0.3) is 0 Å². The summed E-state index contributed by atoms with van der Waals surface area (Å²) >= 11 is 12.4. The highest BCUT2D eigenvalue weighted by atomic mass is 35.5. The average molecular weight is 485 g/mol. The van der Waals surface area contributed by atoms with Crippen molar-refractivity contribution in [2.45, 2.75) is 24.7 Å². The molecule has 0 bridgehead atoms. The first-order chi connectivity index (χ1) is 15.1. The van der Waals surface area contributed by atoms with Gasteiger partial charge in [-0.05, 0) is 30.7 Å². The molecule has 2 N–H and O–H groups in total.